The summed E-state index contributed by atoms with van der Waals surface area (Å²) in [6, 6.07) is 20.6. The maximum atomic E-state index is 12.4. The Bertz CT molecular complexity index is 687. The molecule has 0 bridgehead atoms. The first-order valence-corrected chi connectivity index (χ1v) is 6.05. The summed E-state index contributed by atoms with van der Waals surface area (Å²) in [5.74, 6) is -0.0260. The maximum absolute atomic E-state index is 12.4. The first-order chi connectivity index (χ1) is 9.36. The molecule has 0 N–H and O–H groups in total. The van der Waals surface area contributed by atoms with E-state index in [2.05, 4.69) is 5.10 Å². The molecule has 0 unspecified atom stereocenters. The van der Waals surface area contributed by atoms with E-state index in [1.54, 1.807) is 16.9 Å². The van der Waals surface area contributed by atoms with Gasteiger partial charge in [0.1, 0.15) is 5.69 Å². The molecule has 0 aliphatic carbocycles. The minimum Gasteiger partial charge on any atom is -0.287 e. The molecule has 19 heavy (non-hydrogen) atoms. The van der Waals surface area contributed by atoms with Crippen molar-refractivity contribution in [1.29, 1.82) is 0 Å². The lowest BCUT2D eigenvalue weighted by atomic mass is 10.1. The molecule has 0 radical (unpaired) electrons. The Morgan fingerprint density at radius 1 is 0.842 bits per heavy atom. The predicted octanol–water partition coefficient (Wildman–Crippen LogP) is 3.10. The Morgan fingerprint density at radius 3 is 2.16 bits per heavy atom. The molecule has 3 aromatic rings. The average Bonchev–Trinajstić information content (AvgIpc) is 2.98. The van der Waals surface area contributed by atoms with Crippen LogP contribution < -0.4 is 0 Å². The van der Waals surface area contributed by atoms with Crippen molar-refractivity contribution in [3.8, 4) is 5.69 Å². The molecular formula is C16H12N2O. The summed E-state index contributed by atoms with van der Waals surface area (Å²) < 4.78 is 1.66. The Balaban J connectivity index is 2.04. The number of hydrogen-bond acceptors (Lipinski definition) is 2. The highest BCUT2D eigenvalue weighted by Crippen LogP contribution is 2.14. The van der Waals surface area contributed by atoms with Crippen LogP contribution in [0.4, 0.5) is 0 Å². The molecule has 0 aliphatic heterocycles. The van der Waals surface area contributed by atoms with Crippen LogP contribution in [0.5, 0.6) is 0 Å². The van der Waals surface area contributed by atoms with Crippen LogP contribution in [0, 0.1) is 0 Å². The van der Waals surface area contributed by atoms with E-state index < -0.39 is 0 Å². The molecule has 0 atom stereocenters. The van der Waals surface area contributed by atoms with Crippen LogP contribution >= 0.6 is 0 Å². The molecule has 1 heterocycles. The summed E-state index contributed by atoms with van der Waals surface area (Å²) in [7, 11) is 0. The van der Waals surface area contributed by atoms with Crippen molar-refractivity contribution in [3.63, 3.8) is 0 Å². The number of carbonyl (C=O) groups excluding carboxylic acids is 1. The number of benzene rings is 2. The van der Waals surface area contributed by atoms with Crippen LogP contribution in [0.2, 0.25) is 0 Å². The molecule has 0 aliphatic rings. The van der Waals surface area contributed by atoms with Crippen molar-refractivity contribution >= 4 is 5.78 Å². The van der Waals surface area contributed by atoms with Crippen molar-refractivity contribution in [2.75, 3.05) is 0 Å². The molecular weight excluding hydrogens is 236 g/mol. The third kappa shape index (κ3) is 2.18. The molecule has 0 amide bonds. The van der Waals surface area contributed by atoms with Crippen molar-refractivity contribution < 1.29 is 4.79 Å². The lowest BCUT2D eigenvalue weighted by Gasteiger charge is -2.06. The van der Waals surface area contributed by atoms with Crippen molar-refractivity contribution in [3.05, 3.63) is 84.2 Å². The zero-order chi connectivity index (χ0) is 13.1. The number of rotatable bonds is 3. The number of ketones is 1. The molecule has 0 fully saturated rings. The summed E-state index contributed by atoms with van der Waals surface area (Å²) in [5.41, 5.74) is 2.12. The Morgan fingerprint density at radius 2 is 1.47 bits per heavy atom. The molecule has 3 rings (SSSR count). The van der Waals surface area contributed by atoms with Gasteiger partial charge in [0.15, 0.2) is 0 Å². The number of aromatic nitrogens is 2. The molecule has 3 heteroatoms. The number of hydrogen-bond donors (Lipinski definition) is 0. The van der Waals surface area contributed by atoms with Gasteiger partial charge in [-0.3, -0.25) is 4.79 Å². The van der Waals surface area contributed by atoms with Gasteiger partial charge >= 0.3 is 0 Å². The number of carbonyl (C=O) groups is 1. The number of para-hydroxylation sites is 1. The van der Waals surface area contributed by atoms with Crippen LogP contribution in [0.15, 0.2) is 72.9 Å². The summed E-state index contributed by atoms with van der Waals surface area (Å²) in [4.78, 5) is 12.4. The van der Waals surface area contributed by atoms with Crippen LogP contribution in [-0.4, -0.2) is 15.6 Å². The summed E-state index contributed by atoms with van der Waals surface area (Å²) in [5, 5.41) is 4.23. The first kappa shape index (κ1) is 11.4. The summed E-state index contributed by atoms with van der Waals surface area (Å²) >= 11 is 0. The SMILES string of the molecule is O=C(c1ccccc1)c1ccnn1-c1ccccc1. The van der Waals surface area contributed by atoms with Gasteiger partial charge in [0.05, 0.1) is 11.9 Å². The van der Waals surface area contributed by atoms with Crippen LogP contribution in [0.25, 0.3) is 5.69 Å². The largest absolute Gasteiger partial charge is 0.287 e. The number of nitrogens with zero attached hydrogens (tertiary/aromatic N) is 2. The van der Waals surface area contributed by atoms with Gasteiger partial charge in [-0.25, -0.2) is 4.68 Å². The van der Waals surface area contributed by atoms with E-state index >= 15 is 0 Å². The molecule has 1 aromatic heterocycles. The van der Waals surface area contributed by atoms with Gasteiger partial charge in [0.25, 0.3) is 0 Å². The van der Waals surface area contributed by atoms with E-state index in [1.807, 2.05) is 60.7 Å². The minimum absolute atomic E-state index is 0.0260. The van der Waals surface area contributed by atoms with Crippen LogP contribution in [0.3, 0.4) is 0 Å². The third-order valence-electron chi connectivity index (χ3n) is 2.91. The highest BCUT2D eigenvalue weighted by atomic mass is 16.1. The van der Waals surface area contributed by atoms with Gasteiger partial charge < -0.3 is 0 Å². The van der Waals surface area contributed by atoms with Gasteiger partial charge in [-0.1, -0.05) is 48.5 Å². The quantitative estimate of drug-likeness (QED) is 0.667. The van der Waals surface area contributed by atoms with Crippen LogP contribution in [0.1, 0.15) is 16.1 Å². The molecule has 3 nitrogen and oxygen atoms in total. The van der Waals surface area contributed by atoms with Gasteiger partial charge in [-0.15, -0.1) is 0 Å². The van der Waals surface area contributed by atoms with E-state index in [4.69, 9.17) is 0 Å². The van der Waals surface area contributed by atoms with E-state index in [1.165, 1.54) is 0 Å². The topological polar surface area (TPSA) is 34.9 Å². The van der Waals surface area contributed by atoms with Gasteiger partial charge in [0.2, 0.25) is 5.78 Å². The highest BCUT2D eigenvalue weighted by molar-refractivity contribution is 6.08. The average molecular weight is 248 g/mol. The van der Waals surface area contributed by atoms with E-state index in [9.17, 15) is 4.79 Å². The highest BCUT2D eigenvalue weighted by Gasteiger charge is 2.14. The normalized spacial score (nSPS) is 10.3. The molecule has 92 valence electrons. The van der Waals surface area contributed by atoms with E-state index in [0.717, 1.165) is 5.69 Å². The third-order valence-corrected chi connectivity index (χ3v) is 2.91. The van der Waals surface area contributed by atoms with Gasteiger partial charge in [-0.2, -0.15) is 5.10 Å². The lowest BCUT2D eigenvalue weighted by Crippen LogP contribution is -2.09. The zero-order valence-electron chi connectivity index (χ0n) is 10.2. The van der Waals surface area contributed by atoms with Gasteiger partial charge in [-0.05, 0) is 18.2 Å². The second-order valence-electron chi connectivity index (χ2n) is 4.16. The lowest BCUT2D eigenvalue weighted by molar-refractivity contribution is 0.103. The molecule has 0 spiro atoms. The first-order valence-electron chi connectivity index (χ1n) is 6.05. The summed E-state index contributed by atoms with van der Waals surface area (Å²) in [6.45, 7) is 0. The zero-order valence-corrected chi connectivity index (χ0v) is 10.2. The maximum Gasteiger partial charge on any atom is 0.211 e. The van der Waals surface area contributed by atoms with E-state index in [0.29, 0.717) is 11.3 Å². The minimum atomic E-state index is -0.0260. The summed E-state index contributed by atoms with van der Waals surface area (Å²) in [6.07, 6.45) is 1.64. The monoisotopic (exact) mass is 248 g/mol. The smallest absolute Gasteiger partial charge is 0.211 e. The second-order valence-corrected chi connectivity index (χ2v) is 4.16. The molecule has 2 aromatic carbocycles. The Kier molecular flexibility index (Phi) is 2.94. The standard InChI is InChI=1S/C16H12N2O/c19-16(13-7-3-1-4-8-13)15-11-12-17-18(15)14-9-5-2-6-10-14/h1-12H. The Hall–Kier alpha value is -2.68. The molecule has 0 saturated heterocycles. The van der Waals surface area contributed by atoms with Crippen LogP contribution in [-0.2, 0) is 0 Å². The van der Waals surface area contributed by atoms with Gasteiger partial charge in [0, 0.05) is 5.56 Å². The fourth-order valence-corrected chi connectivity index (χ4v) is 1.99. The van der Waals surface area contributed by atoms with E-state index in [-0.39, 0.29) is 5.78 Å². The molecule has 0 saturated carbocycles. The van der Waals surface area contributed by atoms with Crippen molar-refractivity contribution in [1.82, 2.24) is 9.78 Å². The fraction of sp³-hybridized carbons (Fsp3) is 0. The predicted molar refractivity (Wildman–Crippen MR) is 73.4 cm³/mol. The fourth-order valence-electron chi connectivity index (χ4n) is 1.99. The Labute approximate surface area is 111 Å². The second kappa shape index (κ2) is 4.90. The van der Waals surface area contributed by atoms with Crippen molar-refractivity contribution in [2.45, 2.75) is 0 Å². The van der Waals surface area contributed by atoms with Crippen molar-refractivity contribution in [2.24, 2.45) is 0 Å².